The molecule has 2 aromatic rings. The topological polar surface area (TPSA) is 63.6 Å². The molecule has 5 heteroatoms. The molecule has 0 radical (unpaired) electrons. The minimum atomic E-state index is 0.0544. The van der Waals surface area contributed by atoms with Gasteiger partial charge in [-0.25, -0.2) is 4.98 Å². The maximum absolute atomic E-state index is 12.3. The summed E-state index contributed by atoms with van der Waals surface area (Å²) in [7, 11) is 0. The standard InChI is InChI=1S/C15H20N4O/c1-10-6-11-12(7-15(2,3)8-13(11)20)19(10)5-4-14-16-9-17-18-14/h6,9H,4-5,7-8H2,1-3H3,(H,16,17,18). The van der Waals surface area contributed by atoms with Gasteiger partial charge < -0.3 is 4.57 Å². The zero-order valence-corrected chi connectivity index (χ0v) is 12.2. The van der Waals surface area contributed by atoms with Crippen LogP contribution in [0.5, 0.6) is 0 Å². The molecule has 0 aromatic carbocycles. The van der Waals surface area contributed by atoms with Crippen molar-refractivity contribution in [1.82, 2.24) is 19.7 Å². The number of hydrogen-bond donors (Lipinski definition) is 1. The molecule has 0 amide bonds. The average Bonchev–Trinajstić information content (AvgIpc) is 2.94. The van der Waals surface area contributed by atoms with Crippen molar-refractivity contribution >= 4 is 5.78 Å². The van der Waals surface area contributed by atoms with Gasteiger partial charge in [0.25, 0.3) is 0 Å². The molecule has 0 fully saturated rings. The Hall–Kier alpha value is -1.91. The van der Waals surface area contributed by atoms with Crippen molar-refractivity contribution in [1.29, 1.82) is 0 Å². The largest absolute Gasteiger partial charge is 0.348 e. The molecule has 0 saturated carbocycles. The van der Waals surface area contributed by atoms with E-state index in [0.29, 0.717) is 6.42 Å². The number of carbonyl (C=O) groups excluding carboxylic acids is 1. The number of rotatable bonds is 3. The van der Waals surface area contributed by atoms with Gasteiger partial charge in [-0.05, 0) is 24.8 Å². The van der Waals surface area contributed by atoms with Crippen LogP contribution in [0.15, 0.2) is 12.4 Å². The quantitative estimate of drug-likeness (QED) is 0.932. The number of nitrogens with zero attached hydrogens (tertiary/aromatic N) is 3. The monoisotopic (exact) mass is 272 g/mol. The number of nitrogens with one attached hydrogen (secondary N) is 1. The Bertz CT molecular complexity index is 637. The number of aromatic nitrogens is 4. The van der Waals surface area contributed by atoms with E-state index in [2.05, 4.69) is 40.5 Å². The van der Waals surface area contributed by atoms with Crippen molar-refractivity contribution < 1.29 is 4.79 Å². The van der Waals surface area contributed by atoms with E-state index in [1.54, 1.807) is 0 Å². The normalized spacial score (nSPS) is 17.2. The second kappa shape index (κ2) is 4.58. The van der Waals surface area contributed by atoms with Crippen LogP contribution in [0, 0.1) is 12.3 Å². The van der Waals surface area contributed by atoms with Crippen molar-refractivity contribution in [2.45, 2.75) is 46.6 Å². The fourth-order valence-electron chi connectivity index (χ4n) is 3.09. The Labute approximate surface area is 118 Å². The van der Waals surface area contributed by atoms with Gasteiger partial charge in [-0.1, -0.05) is 13.8 Å². The molecule has 1 N–H and O–H groups in total. The maximum Gasteiger partial charge on any atom is 0.165 e. The highest BCUT2D eigenvalue weighted by molar-refractivity contribution is 5.99. The molecule has 0 bridgehead atoms. The molecule has 0 spiro atoms. The van der Waals surface area contributed by atoms with Crippen LogP contribution in [0.3, 0.4) is 0 Å². The first-order chi connectivity index (χ1) is 9.46. The number of carbonyl (C=O) groups is 1. The Kier molecular flexibility index (Phi) is 3.00. The molecular formula is C15H20N4O. The van der Waals surface area contributed by atoms with Crippen LogP contribution >= 0.6 is 0 Å². The summed E-state index contributed by atoms with van der Waals surface area (Å²) in [6, 6.07) is 2.04. The zero-order chi connectivity index (χ0) is 14.3. The lowest BCUT2D eigenvalue weighted by molar-refractivity contribution is 0.0910. The fourth-order valence-corrected chi connectivity index (χ4v) is 3.09. The summed E-state index contributed by atoms with van der Waals surface area (Å²) in [6.45, 7) is 7.23. The van der Waals surface area contributed by atoms with Crippen LogP contribution in [0.1, 0.15) is 47.8 Å². The summed E-state index contributed by atoms with van der Waals surface area (Å²) in [5, 5.41) is 6.75. The smallest absolute Gasteiger partial charge is 0.165 e. The third-order valence-corrected chi connectivity index (χ3v) is 4.04. The van der Waals surface area contributed by atoms with Crippen molar-refractivity contribution in [3.8, 4) is 0 Å². The van der Waals surface area contributed by atoms with E-state index in [9.17, 15) is 4.79 Å². The van der Waals surface area contributed by atoms with Gasteiger partial charge in [0, 0.05) is 36.3 Å². The fraction of sp³-hybridized carbons (Fsp3) is 0.533. The first kappa shape index (κ1) is 13.1. The summed E-state index contributed by atoms with van der Waals surface area (Å²) >= 11 is 0. The van der Waals surface area contributed by atoms with Crippen LogP contribution in [0.2, 0.25) is 0 Å². The maximum atomic E-state index is 12.3. The molecule has 2 heterocycles. The molecule has 0 saturated heterocycles. The molecular weight excluding hydrogens is 252 g/mol. The number of fused-ring (bicyclic) bond motifs is 1. The Balaban J connectivity index is 1.90. The lowest BCUT2D eigenvalue weighted by Gasteiger charge is -2.29. The third kappa shape index (κ3) is 2.28. The summed E-state index contributed by atoms with van der Waals surface area (Å²) in [5.41, 5.74) is 3.31. The molecule has 106 valence electrons. The third-order valence-electron chi connectivity index (χ3n) is 4.04. The van der Waals surface area contributed by atoms with Gasteiger partial charge in [0.2, 0.25) is 0 Å². The molecule has 0 atom stereocenters. The van der Waals surface area contributed by atoms with Gasteiger partial charge in [0.15, 0.2) is 5.78 Å². The van der Waals surface area contributed by atoms with E-state index >= 15 is 0 Å². The Morgan fingerprint density at radius 1 is 1.40 bits per heavy atom. The number of ketones is 1. The number of hydrogen-bond acceptors (Lipinski definition) is 3. The van der Waals surface area contributed by atoms with E-state index in [0.717, 1.165) is 36.5 Å². The second-order valence-electron chi connectivity index (χ2n) is 6.42. The van der Waals surface area contributed by atoms with Gasteiger partial charge in [-0.15, -0.1) is 0 Å². The SMILES string of the molecule is Cc1cc2c(n1CCc1ncn[nH]1)CC(C)(C)CC2=O. The summed E-state index contributed by atoms with van der Waals surface area (Å²) in [4.78, 5) is 16.4. The van der Waals surface area contributed by atoms with Crippen LogP contribution in [-0.2, 0) is 19.4 Å². The second-order valence-corrected chi connectivity index (χ2v) is 6.42. The predicted molar refractivity (Wildman–Crippen MR) is 75.7 cm³/mol. The molecule has 0 aliphatic heterocycles. The van der Waals surface area contributed by atoms with Crippen LogP contribution in [0.4, 0.5) is 0 Å². The first-order valence-electron chi connectivity index (χ1n) is 7.03. The lowest BCUT2D eigenvalue weighted by Crippen LogP contribution is -2.28. The predicted octanol–water partition coefficient (Wildman–Crippen LogP) is 2.31. The van der Waals surface area contributed by atoms with E-state index in [1.165, 1.54) is 12.0 Å². The van der Waals surface area contributed by atoms with Crippen LogP contribution in [-0.4, -0.2) is 25.5 Å². The minimum absolute atomic E-state index is 0.0544. The van der Waals surface area contributed by atoms with Crippen molar-refractivity contribution in [3.63, 3.8) is 0 Å². The highest BCUT2D eigenvalue weighted by Crippen LogP contribution is 2.36. The minimum Gasteiger partial charge on any atom is -0.348 e. The van der Waals surface area contributed by atoms with E-state index in [-0.39, 0.29) is 11.2 Å². The molecule has 3 rings (SSSR count). The molecule has 2 aromatic heterocycles. The van der Waals surface area contributed by atoms with Gasteiger partial charge in [-0.2, -0.15) is 5.10 Å². The van der Waals surface area contributed by atoms with Gasteiger partial charge in [0.1, 0.15) is 12.2 Å². The number of aromatic amines is 1. The van der Waals surface area contributed by atoms with E-state index < -0.39 is 0 Å². The number of Topliss-reactive ketones (excluding diaryl/α,β-unsaturated/α-hetero) is 1. The van der Waals surface area contributed by atoms with Gasteiger partial charge >= 0.3 is 0 Å². The molecule has 0 unspecified atom stereocenters. The summed E-state index contributed by atoms with van der Waals surface area (Å²) < 4.78 is 2.26. The van der Waals surface area contributed by atoms with Gasteiger partial charge in [0.05, 0.1) is 0 Å². The Morgan fingerprint density at radius 2 is 2.20 bits per heavy atom. The Morgan fingerprint density at radius 3 is 2.90 bits per heavy atom. The zero-order valence-electron chi connectivity index (χ0n) is 12.2. The number of aryl methyl sites for hydroxylation is 2. The molecule has 20 heavy (non-hydrogen) atoms. The van der Waals surface area contributed by atoms with Crippen molar-refractivity contribution in [3.05, 3.63) is 35.2 Å². The van der Waals surface area contributed by atoms with Crippen molar-refractivity contribution in [2.75, 3.05) is 0 Å². The van der Waals surface area contributed by atoms with Gasteiger partial charge in [-0.3, -0.25) is 9.89 Å². The van der Waals surface area contributed by atoms with E-state index in [1.807, 2.05) is 6.07 Å². The average molecular weight is 272 g/mol. The first-order valence-corrected chi connectivity index (χ1v) is 7.03. The van der Waals surface area contributed by atoms with Crippen LogP contribution in [0.25, 0.3) is 0 Å². The van der Waals surface area contributed by atoms with Crippen LogP contribution < -0.4 is 0 Å². The van der Waals surface area contributed by atoms with E-state index in [4.69, 9.17) is 0 Å². The highest BCUT2D eigenvalue weighted by atomic mass is 16.1. The molecule has 1 aliphatic carbocycles. The molecule has 1 aliphatic rings. The molecule has 5 nitrogen and oxygen atoms in total. The lowest BCUT2D eigenvalue weighted by atomic mass is 9.76. The number of H-pyrrole nitrogens is 1. The van der Waals surface area contributed by atoms with Crippen molar-refractivity contribution in [2.24, 2.45) is 5.41 Å². The summed E-state index contributed by atoms with van der Waals surface area (Å²) in [6.07, 6.45) is 3.93. The summed E-state index contributed by atoms with van der Waals surface area (Å²) in [5.74, 6) is 1.16. The highest BCUT2D eigenvalue weighted by Gasteiger charge is 2.33.